The molecular weight excluding hydrogens is 714 g/mol. The zero-order chi connectivity index (χ0) is 28.0. The van der Waals surface area contributed by atoms with Crippen molar-refractivity contribution in [2.45, 2.75) is 40.7 Å². The van der Waals surface area contributed by atoms with Crippen LogP contribution >= 0.6 is 45.2 Å². The van der Waals surface area contributed by atoms with E-state index in [1.807, 2.05) is 95.3 Å². The molecule has 5 rings (SSSR count). The molecule has 1 atom stereocenters. The van der Waals surface area contributed by atoms with E-state index < -0.39 is 12.1 Å². The van der Waals surface area contributed by atoms with Crippen molar-refractivity contribution in [3.63, 3.8) is 0 Å². The second-order valence-corrected chi connectivity index (χ2v) is 12.4. The highest BCUT2D eigenvalue weighted by Gasteiger charge is 2.24. The van der Waals surface area contributed by atoms with E-state index in [-0.39, 0.29) is 5.43 Å². The first-order valence-electron chi connectivity index (χ1n) is 12.6. The molecule has 0 fully saturated rings. The summed E-state index contributed by atoms with van der Waals surface area (Å²) in [4.78, 5) is 30.3. The average molecular weight is 742 g/mol. The second-order valence-electron chi connectivity index (χ2n) is 9.89. The fraction of sp³-hybridized carbons (Fsp3) is 0.188. The van der Waals surface area contributed by atoms with E-state index in [1.165, 1.54) is 0 Å². The van der Waals surface area contributed by atoms with Gasteiger partial charge in [0.1, 0.15) is 6.10 Å². The molecule has 7 heteroatoms. The molecule has 0 unspecified atom stereocenters. The maximum atomic E-state index is 13.7. The summed E-state index contributed by atoms with van der Waals surface area (Å²) < 4.78 is 10.2. The molecule has 0 amide bonds. The Morgan fingerprint density at radius 2 is 1.49 bits per heavy atom. The molecule has 5 nitrogen and oxygen atoms in total. The van der Waals surface area contributed by atoms with Crippen molar-refractivity contribution in [3.8, 4) is 16.9 Å². The van der Waals surface area contributed by atoms with Crippen molar-refractivity contribution in [1.82, 2.24) is 9.55 Å². The first kappa shape index (κ1) is 27.6. The summed E-state index contributed by atoms with van der Waals surface area (Å²) in [6.45, 7) is 9.96. The monoisotopic (exact) mass is 742 g/mol. The molecule has 0 aliphatic rings. The number of hydrogen-bond donors (Lipinski definition) is 1. The van der Waals surface area contributed by atoms with E-state index in [9.17, 15) is 9.59 Å². The molecule has 39 heavy (non-hydrogen) atoms. The lowest BCUT2D eigenvalue weighted by Gasteiger charge is -2.23. The zero-order valence-corrected chi connectivity index (χ0v) is 26.7. The maximum Gasteiger partial charge on any atom is 0.340 e. The van der Waals surface area contributed by atoms with Gasteiger partial charge in [-0.05, 0) is 139 Å². The van der Waals surface area contributed by atoms with Crippen LogP contribution in [0.2, 0.25) is 0 Å². The summed E-state index contributed by atoms with van der Waals surface area (Å²) in [5.41, 5.74) is 8.57. The highest BCUT2D eigenvalue weighted by atomic mass is 127. The van der Waals surface area contributed by atoms with Gasteiger partial charge in [0.05, 0.1) is 16.9 Å². The summed E-state index contributed by atoms with van der Waals surface area (Å²) in [7, 11) is 0. The van der Waals surface area contributed by atoms with E-state index in [2.05, 4.69) is 54.7 Å². The summed E-state index contributed by atoms with van der Waals surface area (Å²) in [6, 6.07) is 21.4. The number of aromatic nitrogens is 2. The Labute approximate surface area is 254 Å². The first-order valence-corrected chi connectivity index (χ1v) is 14.8. The van der Waals surface area contributed by atoms with Crippen LogP contribution < -0.4 is 5.43 Å². The minimum absolute atomic E-state index is 0.0465. The van der Waals surface area contributed by atoms with Crippen molar-refractivity contribution in [2.75, 3.05) is 0 Å². The normalized spacial score (nSPS) is 12.1. The van der Waals surface area contributed by atoms with Crippen molar-refractivity contribution >= 4 is 62.1 Å². The maximum absolute atomic E-state index is 13.7. The molecule has 0 saturated heterocycles. The largest absolute Gasteiger partial charge is 0.454 e. The predicted molar refractivity (Wildman–Crippen MR) is 174 cm³/mol. The van der Waals surface area contributed by atoms with Crippen LogP contribution in [0.3, 0.4) is 0 Å². The Kier molecular flexibility index (Phi) is 7.74. The SMILES string of the molecule is Cc1ccc(C)c([C@H](C)OC(=O)c2cc(I)ccc2-n2c(C)ccc2C)c1-c1cc(=O)c2cc(I)ccc2[nH]1. The lowest BCUT2D eigenvalue weighted by Crippen LogP contribution is -2.15. The second kappa shape index (κ2) is 10.9. The minimum atomic E-state index is -0.555. The number of aromatic amines is 1. The third kappa shape index (κ3) is 5.30. The summed E-state index contributed by atoms with van der Waals surface area (Å²) >= 11 is 4.43. The molecule has 5 aromatic rings. The number of fused-ring (bicyclic) bond motifs is 1. The minimum Gasteiger partial charge on any atom is -0.454 e. The first-order chi connectivity index (χ1) is 18.5. The molecule has 198 valence electrons. The van der Waals surface area contributed by atoms with Gasteiger partial charge in [0.2, 0.25) is 0 Å². The Morgan fingerprint density at radius 3 is 2.21 bits per heavy atom. The van der Waals surface area contributed by atoms with E-state index in [0.717, 1.165) is 52.0 Å². The molecule has 0 aliphatic heterocycles. The van der Waals surface area contributed by atoms with Gasteiger partial charge < -0.3 is 14.3 Å². The Balaban J connectivity index is 1.59. The van der Waals surface area contributed by atoms with Crippen LogP contribution in [-0.4, -0.2) is 15.5 Å². The molecule has 0 aliphatic carbocycles. The van der Waals surface area contributed by atoms with Crippen LogP contribution in [0.25, 0.3) is 27.8 Å². The van der Waals surface area contributed by atoms with Gasteiger partial charge in [0, 0.05) is 46.6 Å². The molecule has 3 aromatic carbocycles. The Hall–Kier alpha value is -2.92. The van der Waals surface area contributed by atoms with Crippen LogP contribution in [0.5, 0.6) is 0 Å². The number of hydrogen-bond acceptors (Lipinski definition) is 3. The van der Waals surface area contributed by atoms with Gasteiger partial charge in [-0.15, -0.1) is 0 Å². The Morgan fingerprint density at radius 1 is 0.846 bits per heavy atom. The topological polar surface area (TPSA) is 64.1 Å². The van der Waals surface area contributed by atoms with Gasteiger partial charge in [-0.3, -0.25) is 4.79 Å². The molecule has 0 radical (unpaired) electrons. The molecule has 2 aromatic heterocycles. The number of carbonyl (C=O) groups excluding carboxylic acids is 1. The van der Waals surface area contributed by atoms with Gasteiger partial charge in [0.25, 0.3) is 0 Å². The van der Waals surface area contributed by atoms with E-state index in [1.54, 1.807) is 6.07 Å². The van der Waals surface area contributed by atoms with Crippen LogP contribution in [0, 0.1) is 34.8 Å². The Bertz CT molecular complexity index is 1800. The lowest BCUT2D eigenvalue weighted by atomic mass is 9.91. The molecule has 1 N–H and O–H groups in total. The van der Waals surface area contributed by atoms with Crippen LogP contribution in [0.1, 0.15) is 51.5 Å². The summed E-state index contributed by atoms with van der Waals surface area (Å²) in [5.74, 6) is -0.392. The highest BCUT2D eigenvalue weighted by molar-refractivity contribution is 14.1. The number of ether oxygens (including phenoxy) is 1. The number of rotatable bonds is 5. The van der Waals surface area contributed by atoms with Crippen LogP contribution in [0.4, 0.5) is 0 Å². The van der Waals surface area contributed by atoms with Crippen molar-refractivity contribution in [2.24, 2.45) is 0 Å². The van der Waals surface area contributed by atoms with Crippen molar-refractivity contribution in [3.05, 3.63) is 118 Å². The fourth-order valence-electron chi connectivity index (χ4n) is 5.27. The fourth-order valence-corrected chi connectivity index (χ4v) is 6.25. The summed E-state index contributed by atoms with van der Waals surface area (Å²) in [5, 5.41) is 0.652. The molecule has 0 spiro atoms. The quantitative estimate of drug-likeness (QED) is 0.146. The molecule has 0 saturated carbocycles. The van der Waals surface area contributed by atoms with Crippen molar-refractivity contribution in [1.29, 1.82) is 0 Å². The number of nitrogens with one attached hydrogen (secondary N) is 1. The van der Waals surface area contributed by atoms with Gasteiger partial charge in [-0.1, -0.05) is 12.1 Å². The summed E-state index contributed by atoms with van der Waals surface area (Å²) in [6.07, 6.45) is -0.555. The molecular formula is C32H28I2N2O3. The van der Waals surface area contributed by atoms with E-state index in [4.69, 9.17) is 4.74 Å². The van der Waals surface area contributed by atoms with Gasteiger partial charge in [0.15, 0.2) is 5.43 Å². The van der Waals surface area contributed by atoms with Crippen molar-refractivity contribution < 1.29 is 9.53 Å². The number of carbonyl (C=O) groups is 1. The predicted octanol–water partition coefficient (Wildman–Crippen LogP) is 8.35. The lowest BCUT2D eigenvalue weighted by molar-refractivity contribution is 0.0338. The standard InChI is InChI=1S/C32H28I2N2O3/c1-17-6-7-18(2)31(27-16-29(37)24-14-22(33)10-12-26(24)35-27)30(17)21(5)39-32(38)25-15-23(34)11-13-28(25)36-19(3)8-9-20(36)4/h6-16,21H,1-5H3,(H,35,37)/t21-/m0/s1. The smallest absolute Gasteiger partial charge is 0.340 e. The number of nitrogens with zero attached hydrogens (tertiary/aromatic N) is 1. The number of H-pyrrole nitrogens is 1. The van der Waals surface area contributed by atoms with Gasteiger partial charge >= 0.3 is 5.97 Å². The third-order valence-electron chi connectivity index (χ3n) is 7.11. The van der Waals surface area contributed by atoms with Crippen LogP contribution in [0.15, 0.2) is 71.5 Å². The average Bonchev–Trinajstić information content (AvgIpc) is 3.22. The van der Waals surface area contributed by atoms with Crippen LogP contribution in [-0.2, 0) is 4.74 Å². The number of halogens is 2. The van der Waals surface area contributed by atoms with E-state index in [0.29, 0.717) is 16.6 Å². The molecule has 0 bridgehead atoms. The highest BCUT2D eigenvalue weighted by Crippen LogP contribution is 2.36. The van der Waals surface area contributed by atoms with Gasteiger partial charge in [-0.25, -0.2) is 4.79 Å². The number of benzene rings is 3. The van der Waals surface area contributed by atoms with Gasteiger partial charge in [-0.2, -0.15) is 0 Å². The number of esters is 1. The zero-order valence-electron chi connectivity index (χ0n) is 22.4. The van der Waals surface area contributed by atoms with E-state index >= 15 is 0 Å². The number of pyridine rings is 1. The molecule has 2 heterocycles. The number of aryl methyl sites for hydroxylation is 4. The third-order valence-corrected chi connectivity index (χ3v) is 8.46.